The van der Waals surface area contributed by atoms with E-state index in [-0.39, 0.29) is 17.6 Å². The van der Waals surface area contributed by atoms with Crippen LogP contribution in [-0.4, -0.2) is 29.7 Å². The van der Waals surface area contributed by atoms with Crippen molar-refractivity contribution in [3.63, 3.8) is 0 Å². The van der Waals surface area contributed by atoms with Gasteiger partial charge in [-0.25, -0.2) is 4.98 Å². The molecule has 0 unspecified atom stereocenters. The highest BCUT2D eigenvalue weighted by atomic mass is 32.2. The van der Waals surface area contributed by atoms with E-state index in [1.54, 1.807) is 37.4 Å². The standard InChI is InChI=1S/C17H15N3O3S2/c1-23-12-5-2-10(3-6-12)16(22)19-11-4-7-13-14(8-11)25-17(20-13)24-9-15(18)21/h2-8H,9H2,1H3,(H2,18,21)(H,19,22). The molecule has 1 heterocycles. The number of thioether (sulfide) groups is 1. The van der Waals surface area contributed by atoms with Crippen molar-refractivity contribution in [1.82, 2.24) is 4.98 Å². The number of fused-ring (bicyclic) bond motifs is 1. The van der Waals surface area contributed by atoms with E-state index in [0.717, 1.165) is 14.6 Å². The minimum absolute atomic E-state index is 0.195. The van der Waals surface area contributed by atoms with E-state index in [9.17, 15) is 9.59 Å². The number of thiazole rings is 1. The first kappa shape index (κ1) is 17.2. The Morgan fingerprint density at radius 1 is 1.24 bits per heavy atom. The highest BCUT2D eigenvalue weighted by Gasteiger charge is 2.10. The van der Waals surface area contributed by atoms with E-state index in [1.165, 1.54) is 23.1 Å². The molecule has 0 saturated heterocycles. The predicted octanol–water partition coefficient (Wildman–Crippen LogP) is 3.13. The molecule has 3 aromatic rings. The number of benzene rings is 2. The Hall–Kier alpha value is -2.58. The summed E-state index contributed by atoms with van der Waals surface area (Å²) >= 11 is 2.77. The quantitative estimate of drug-likeness (QED) is 0.647. The summed E-state index contributed by atoms with van der Waals surface area (Å²) in [6.45, 7) is 0. The first-order chi connectivity index (χ1) is 12.0. The van der Waals surface area contributed by atoms with Crippen LogP contribution in [0.3, 0.4) is 0 Å². The van der Waals surface area contributed by atoms with E-state index < -0.39 is 0 Å². The van der Waals surface area contributed by atoms with Crippen LogP contribution < -0.4 is 15.8 Å². The SMILES string of the molecule is COc1ccc(C(=O)Nc2ccc3nc(SCC(N)=O)sc3c2)cc1. The number of anilines is 1. The summed E-state index contributed by atoms with van der Waals surface area (Å²) in [6, 6.07) is 12.4. The van der Waals surface area contributed by atoms with Gasteiger partial charge in [-0.15, -0.1) is 11.3 Å². The summed E-state index contributed by atoms with van der Waals surface area (Å²) in [4.78, 5) is 27.6. The number of aromatic nitrogens is 1. The third kappa shape index (κ3) is 4.28. The van der Waals surface area contributed by atoms with Gasteiger partial charge in [-0.2, -0.15) is 0 Å². The van der Waals surface area contributed by atoms with E-state index in [2.05, 4.69) is 10.3 Å². The first-order valence-corrected chi connectivity index (χ1v) is 9.12. The van der Waals surface area contributed by atoms with Crippen LogP contribution in [0, 0.1) is 0 Å². The molecule has 0 saturated carbocycles. The van der Waals surface area contributed by atoms with E-state index >= 15 is 0 Å². The molecule has 0 atom stereocenters. The van der Waals surface area contributed by atoms with Gasteiger partial charge in [0.05, 0.1) is 23.1 Å². The number of rotatable bonds is 6. The second-order valence-corrected chi connectivity index (χ2v) is 7.35. The normalized spacial score (nSPS) is 10.6. The maximum atomic E-state index is 12.3. The van der Waals surface area contributed by atoms with Crippen LogP contribution in [0.2, 0.25) is 0 Å². The lowest BCUT2D eigenvalue weighted by molar-refractivity contribution is -0.115. The molecule has 8 heteroatoms. The fourth-order valence-electron chi connectivity index (χ4n) is 2.12. The third-order valence-corrected chi connectivity index (χ3v) is 5.50. The number of nitrogens with one attached hydrogen (secondary N) is 1. The van der Waals surface area contributed by atoms with Gasteiger partial charge in [-0.05, 0) is 42.5 Å². The zero-order valence-electron chi connectivity index (χ0n) is 13.3. The molecule has 6 nitrogen and oxygen atoms in total. The Kier molecular flexibility index (Phi) is 5.20. The molecular weight excluding hydrogens is 358 g/mol. The molecule has 3 N–H and O–H groups in total. The minimum Gasteiger partial charge on any atom is -0.497 e. The van der Waals surface area contributed by atoms with Gasteiger partial charge in [-0.3, -0.25) is 9.59 Å². The largest absolute Gasteiger partial charge is 0.497 e. The number of carbonyl (C=O) groups excluding carboxylic acids is 2. The van der Waals surface area contributed by atoms with Gasteiger partial charge in [0.25, 0.3) is 5.91 Å². The van der Waals surface area contributed by atoms with Crippen LogP contribution >= 0.6 is 23.1 Å². The highest BCUT2D eigenvalue weighted by Crippen LogP contribution is 2.31. The van der Waals surface area contributed by atoms with Gasteiger partial charge in [0.1, 0.15) is 5.75 Å². The number of ether oxygens (including phenoxy) is 1. The lowest BCUT2D eigenvalue weighted by atomic mass is 10.2. The molecule has 25 heavy (non-hydrogen) atoms. The molecule has 0 aliphatic carbocycles. The average molecular weight is 373 g/mol. The fourth-order valence-corrected chi connectivity index (χ4v) is 3.97. The van der Waals surface area contributed by atoms with E-state index in [4.69, 9.17) is 10.5 Å². The number of nitrogens with two attached hydrogens (primary N) is 1. The van der Waals surface area contributed by atoms with Crippen molar-refractivity contribution in [2.45, 2.75) is 4.34 Å². The molecule has 3 rings (SSSR count). The van der Waals surface area contributed by atoms with Crippen molar-refractivity contribution >= 4 is 50.8 Å². The third-order valence-electron chi connectivity index (χ3n) is 3.32. The van der Waals surface area contributed by atoms with Gasteiger partial charge < -0.3 is 15.8 Å². The summed E-state index contributed by atoms with van der Waals surface area (Å²) in [5.74, 6) is 0.316. The molecule has 1 aromatic heterocycles. The number of hydrogen-bond acceptors (Lipinski definition) is 6. The lowest BCUT2D eigenvalue weighted by Crippen LogP contribution is -2.12. The molecule has 2 amide bonds. The van der Waals surface area contributed by atoms with Gasteiger partial charge in [-0.1, -0.05) is 11.8 Å². The smallest absolute Gasteiger partial charge is 0.255 e. The Bertz CT molecular complexity index is 923. The summed E-state index contributed by atoms with van der Waals surface area (Å²) in [5.41, 5.74) is 7.20. The van der Waals surface area contributed by atoms with Crippen molar-refractivity contribution in [3.8, 4) is 5.75 Å². The second-order valence-electron chi connectivity index (χ2n) is 5.10. The van der Waals surface area contributed by atoms with Crippen molar-refractivity contribution < 1.29 is 14.3 Å². The number of hydrogen-bond donors (Lipinski definition) is 2. The molecule has 0 radical (unpaired) electrons. The van der Waals surface area contributed by atoms with Crippen LogP contribution in [0.1, 0.15) is 10.4 Å². The zero-order chi connectivity index (χ0) is 17.8. The van der Waals surface area contributed by atoms with Crippen molar-refractivity contribution in [2.75, 3.05) is 18.2 Å². The fraction of sp³-hybridized carbons (Fsp3) is 0.118. The average Bonchev–Trinajstić information content (AvgIpc) is 3.02. The summed E-state index contributed by atoms with van der Waals surface area (Å²) < 4.78 is 6.79. The van der Waals surface area contributed by atoms with Crippen molar-refractivity contribution in [1.29, 1.82) is 0 Å². The van der Waals surface area contributed by atoms with E-state index in [0.29, 0.717) is 17.0 Å². The zero-order valence-corrected chi connectivity index (χ0v) is 14.9. The second kappa shape index (κ2) is 7.54. The molecule has 128 valence electrons. The topological polar surface area (TPSA) is 94.3 Å². The molecule has 2 aromatic carbocycles. The summed E-state index contributed by atoms with van der Waals surface area (Å²) in [6.07, 6.45) is 0. The molecule has 0 aliphatic heterocycles. The minimum atomic E-state index is -0.378. The maximum Gasteiger partial charge on any atom is 0.255 e. The Morgan fingerprint density at radius 2 is 2.00 bits per heavy atom. The van der Waals surface area contributed by atoms with Crippen LogP contribution in [0.5, 0.6) is 5.75 Å². The number of primary amides is 1. The number of nitrogens with zero attached hydrogens (tertiary/aromatic N) is 1. The summed E-state index contributed by atoms with van der Waals surface area (Å²) in [5, 5.41) is 2.87. The number of methoxy groups -OCH3 is 1. The van der Waals surface area contributed by atoms with Crippen LogP contribution in [-0.2, 0) is 4.79 Å². The first-order valence-electron chi connectivity index (χ1n) is 7.32. The predicted molar refractivity (Wildman–Crippen MR) is 100 cm³/mol. The molecule has 0 spiro atoms. The lowest BCUT2D eigenvalue weighted by Gasteiger charge is -2.06. The monoisotopic (exact) mass is 373 g/mol. The molecule has 0 fully saturated rings. The number of carbonyl (C=O) groups is 2. The number of amides is 2. The van der Waals surface area contributed by atoms with Crippen LogP contribution in [0.15, 0.2) is 46.8 Å². The highest BCUT2D eigenvalue weighted by molar-refractivity contribution is 8.01. The van der Waals surface area contributed by atoms with Gasteiger partial charge in [0, 0.05) is 11.3 Å². The molecule has 0 bridgehead atoms. The van der Waals surface area contributed by atoms with Gasteiger partial charge >= 0.3 is 0 Å². The molecule has 0 aliphatic rings. The Labute approximate surface area is 152 Å². The van der Waals surface area contributed by atoms with Crippen LogP contribution in [0.25, 0.3) is 10.2 Å². The Balaban J connectivity index is 1.74. The van der Waals surface area contributed by atoms with Gasteiger partial charge in [0.15, 0.2) is 4.34 Å². The maximum absolute atomic E-state index is 12.3. The van der Waals surface area contributed by atoms with Crippen molar-refractivity contribution in [3.05, 3.63) is 48.0 Å². The van der Waals surface area contributed by atoms with E-state index in [1.807, 2.05) is 12.1 Å². The van der Waals surface area contributed by atoms with Crippen molar-refractivity contribution in [2.24, 2.45) is 5.73 Å². The Morgan fingerprint density at radius 3 is 2.68 bits per heavy atom. The molecular formula is C17H15N3O3S2. The summed E-state index contributed by atoms with van der Waals surface area (Å²) in [7, 11) is 1.58. The van der Waals surface area contributed by atoms with Crippen LogP contribution in [0.4, 0.5) is 5.69 Å². The van der Waals surface area contributed by atoms with Gasteiger partial charge in [0.2, 0.25) is 5.91 Å².